The smallest absolute Gasteiger partial charge is 0.246 e. The molecule has 1 unspecified atom stereocenters. The predicted octanol–water partition coefficient (Wildman–Crippen LogP) is 1.72. The number of benzene rings is 1. The first-order chi connectivity index (χ1) is 8.76. The fourth-order valence-electron chi connectivity index (χ4n) is 2.00. The van der Waals surface area contributed by atoms with Crippen molar-refractivity contribution in [3.8, 4) is 6.07 Å². The van der Waals surface area contributed by atoms with Gasteiger partial charge in [-0.1, -0.05) is 6.07 Å². The largest absolute Gasteiger partial charge is 0.385 e. The summed E-state index contributed by atoms with van der Waals surface area (Å²) in [5, 5.41) is 14.9. The van der Waals surface area contributed by atoms with Crippen LogP contribution in [0.2, 0.25) is 0 Å². The summed E-state index contributed by atoms with van der Waals surface area (Å²) in [7, 11) is 1.64. The van der Waals surface area contributed by atoms with E-state index >= 15 is 0 Å². The molecule has 94 valence electrons. The zero-order chi connectivity index (χ0) is 13.0. The van der Waals surface area contributed by atoms with E-state index in [1.54, 1.807) is 19.2 Å². The molecular weight excluding hydrogens is 230 g/mol. The number of carbonyl (C=O) groups excluding carboxylic acids is 1. The van der Waals surface area contributed by atoms with Gasteiger partial charge in [0.25, 0.3) is 0 Å². The topological polar surface area (TPSA) is 74.2 Å². The van der Waals surface area contributed by atoms with Gasteiger partial charge in [0.1, 0.15) is 12.1 Å². The molecule has 0 saturated carbocycles. The van der Waals surface area contributed by atoms with E-state index in [1.807, 2.05) is 6.07 Å². The van der Waals surface area contributed by atoms with Crippen LogP contribution in [0.3, 0.4) is 0 Å². The Hall–Kier alpha value is -2.06. The fourth-order valence-corrected chi connectivity index (χ4v) is 2.00. The molecule has 1 amide bonds. The van der Waals surface area contributed by atoms with Crippen LogP contribution >= 0.6 is 0 Å². The van der Waals surface area contributed by atoms with Crippen molar-refractivity contribution in [2.45, 2.75) is 18.9 Å². The van der Waals surface area contributed by atoms with E-state index in [2.05, 4.69) is 16.7 Å². The number of hydrogen-bond acceptors (Lipinski definition) is 4. The second-order valence-corrected chi connectivity index (χ2v) is 4.16. The maximum absolute atomic E-state index is 11.9. The number of para-hydroxylation sites is 1. The minimum atomic E-state index is -0.262. The van der Waals surface area contributed by atoms with E-state index in [-0.39, 0.29) is 11.9 Å². The number of nitriles is 1. The standard InChI is InChI=1S/C13H15N3O2/c1-18-7-3-6-11-13(17)16-12-9(8-14)4-2-5-10(12)15-11/h2,4-5,11,15H,3,6-7H2,1H3,(H,16,17). The molecule has 2 N–H and O–H groups in total. The lowest BCUT2D eigenvalue weighted by Gasteiger charge is -2.27. The summed E-state index contributed by atoms with van der Waals surface area (Å²) in [4.78, 5) is 11.9. The van der Waals surface area contributed by atoms with Gasteiger partial charge in [0.2, 0.25) is 5.91 Å². The average Bonchev–Trinajstić information content (AvgIpc) is 2.39. The molecule has 0 saturated heterocycles. The number of fused-ring (bicyclic) bond motifs is 1. The second-order valence-electron chi connectivity index (χ2n) is 4.16. The lowest BCUT2D eigenvalue weighted by molar-refractivity contribution is -0.117. The van der Waals surface area contributed by atoms with E-state index in [4.69, 9.17) is 10.00 Å². The molecule has 0 aliphatic carbocycles. The van der Waals surface area contributed by atoms with Crippen LogP contribution in [0.4, 0.5) is 11.4 Å². The lowest BCUT2D eigenvalue weighted by atomic mass is 10.0. The fraction of sp³-hybridized carbons (Fsp3) is 0.385. The van der Waals surface area contributed by atoms with E-state index in [1.165, 1.54) is 0 Å². The Balaban J connectivity index is 2.14. The van der Waals surface area contributed by atoms with Gasteiger partial charge in [-0.3, -0.25) is 4.79 Å². The zero-order valence-corrected chi connectivity index (χ0v) is 10.2. The highest BCUT2D eigenvalue weighted by Crippen LogP contribution is 2.30. The summed E-state index contributed by atoms with van der Waals surface area (Å²) in [6, 6.07) is 7.15. The highest BCUT2D eigenvalue weighted by atomic mass is 16.5. The first-order valence-electron chi connectivity index (χ1n) is 5.85. The van der Waals surface area contributed by atoms with Crippen molar-refractivity contribution in [2.24, 2.45) is 0 Å². The maximum atomic E-state index is 11.9. The number of methoxy groups -OCH3 is 1. The van der Waals surface area contributed by atoms with Crippen molar-refractivity contribution >= 4 is 17.3 Å². The number of amides is 1. The molecule has 0 bridgehead atoms. The summed E-state index contributed by atoms with van der Waals surface area (Å²) in [6.45, 7) is 0.635. The number of rotatable bonds is 4. The molecule has 1 atom stereocenters. The third kappa shape index (κ3) is 2.44. The van der Waals surface area contributed by atoms with Crippen molar-refractivity contribution in [1.29, 1.82) is 5.26 Å². The van der Waals surface area contributed by atoms with Gasteiger partial charge in [-0.25, -0.2) is 0 Å². The van der Waals surface area contributed by atoms with Crippen LogP contribution in [-0.2, 0) is 9.53 Å². The Bertz CT molecular complexity index is 493. The third-order valence-corrected chi connectivity index (χ3v) is 2.92. The molecule has 5 nitrogen and oxygen atoms in total. The van der Waals surface area contributed by atoms with Crippen molar-refractivity contribution < 1.29 is 9.53 Å². The molecule has 1 aromatic rings. The number of ether oxygens (including phenoxy) is 1. The monoisotopic (exact) mass is 245 g/mol. The SMILES string of the molecule is COCCCC1Nc2cccc(C#N)c2NC1=O. The first-order valence-corrected chi connectivity index (χ1v) is 5.85. The summed E-state index contributed by atoms with van der Waals surface area (Å²) in [6.07, 6.45) is 1.52. The van der Waals surface area contributed by atoms with Gasteiger partial charge in [-0.05, 0) is 25.0 Å². The lowest BCUT2D eigenvalue weighted by Crippen LogP contribution is -2.39. The second kappa shape index (κ2) is 5.52. The number of anilines is 2. The van der Waals surface area contributed by atoms with Gasteiger partial charge < -0.3 is 15.4 Å². The van der Waals surface area contributed by atoms with E-state index in [0.29, 0.717) is 24.3 Å². The molecule has 2 rings (SSSR count). The molecule has 0 aromatic heterocycles. The molecule has 0 radical (unpaired) electrons. The average molecular weight is 245 g/mol. The van der Waals surface area contributed by atoms with Crippen molar-refractivity contribution in [1.82, 2.24) is 0 Å². The Morgan fingerprint density at radius 3 is 3.06 bits per heavy atom. The number of nitrogens with zero attached hydrogens (tertiary/aromatic N) is 1. The highest BCUT2D eigenvalue weighted by molar-refractivity contribution is 6.04. The van der Waals surface area contributed by atoms with Gasteiger partial charge in [0.15, 0.2) is 0 Å². The van der Waals surface area contributed by atoms with Crippen LogP contribution in [0.5, 0.6) is 0 Å². The molecular formula is C13H15N3O2. The molecule has 0 fully saturated rings. The molecule has 0 spiro atoms. The maximum Gasteiger partial charge on any atom is 0.246 e. The van der Waals surface area contributed by atoms with Crippen LogP contribution in [0.1, 0.15) is 18.4 Å². The van der Waals surface area contributed by atoms with Crippen molar-refractivity contribution in [2.75, 3.05) is 24.4 Å². The van der Waals surface area contributed by atoms with Crippen LogP contribution in [0.15, 0.2) is 18.2 Å². The van der Waals surface area contributed by atoms with E-state index in [9.17, 15) is 4.79 Å². The molecule has 1 aromatic carbocycles. The quantitative estimate of drug-likeness (QED) is 0.792. The van der Waals surface area contributed by atoms with Crippen LogP contribution in [0, 0.1) is 11.3 Å². The number of carbonyl (C=O) groups is 1. The van der Waals surface area contributed by atoms with Gasteiger partial charge >= 0.3 is 0 Å². The van der Waals surface area contributed by atoms with Gasteiger partial charge in [0, 0.05) is 13.7 Å². The minimum Gasteiger partial charge on any atom is -0.385 e. The molecule has 1 aliphatic heterocycles. The highest BCUT2D eigenvalue weighted by Gasteiger charge is 2.26. The van der Waals surface area contributed by atoms with Crippen LogP contribution in [0.25, 0.3) is 0 Å². The van der Waals surface area contributed by atoms with E-state index < -0.39 is 0 Å². The molecule has 1 aliphatic rings. The number of hydrogen-bond donors (Lipinski definition) is 2. The number of nitrogens with one attached hydrogen (secondary N) is 2. The summed E-state index contributed by atoms with van der Waals surface area (Å²) >= 11 is 0. The zero-order valence-electron chi connectivity index (χ0n) is 10.2. The molecule has 1 heterocycles. The van der Waals surface area contributed by atoms with Crippen molar-refractivity contribution in [3.63, 3.8) is 0 Å². The van der Waals surface area contributed by atoms with Gasteiger partial charge in [-0.2, -0.15) is 5.26 Å². The Morgan fingerprint density at radius 1 is 1.50 bits per heavy atom. The molecule has 5 heteroatoms. The Kier molecular flexibility index (Phi) is 3.80. The van der Waals surface area contributed by atoms with Gasteiger partial charge in [0.05, 0.1) is 16.9 Å². The molecule has 18 heavy (non-hydrogen) atoms. The van der Waals surface area contributed by atoms with Crippen LogP contribution in [-0.4, -0.2) is 25.7 Å². The summed E-state index contributed by atoms with van der Waals surface area (Å²) < 4.78 is 4.97. The van der Waals surface area contributed by atoms with E-state index in [0.717, 1.165) is 12.1 Å². The van der Waals surface area contributed by atoms with Crippen LogP contribution < -0.4 is 10.6 Å². The first kappa shape index (κ1) is 12.4. The van der Waals surface area contributed by atoms with Crippen molar-refractivity contribution in [3.05, 3.63) is 23.8 Å². The normalized spacial score (nSPS) is 17.3. The third-order valence-electron chi connectivity index (χ3n) is 2.92. The van der Waals surface area contributed by atoms with Gasteiger partial charge in [-0.15, -0.1) is 0 Å². The Labute approximate surface area is 106 Å². The minimum absolute atomic E-state index is 0.0960. The summed E-state index contributed by atoms with van der Waals surface area (Å²) in [5.41, 5.74) is 1.85. The summed E-state index contributed by atoms with van der Waals surface area (Å²) in [5.74, 6) is -0.0960. The predicted molar refractivity (Wildman–Crippen MR) is 68.3 cm³/mol. The Morgan fingerprint density at radius 2 is 2.33 bits per heavy atom.